The molecule has 1 aliphatic heterocycles. The molecule has 234 valence electrons. The van der Waals surface area contributed by atoms with Crippen molar-refractivity contribution in [3.63, 3.8) is 0 Å². The van der Waals surface area contributed by atoms with Crippen LogP contribution in [0.4, 0.5) is 13.2 Å². The molecule has 4 aliphatic rings. The van der Waals surface area contributed by atoms with Gasteiger partial charge in [-0.3, -0.25) is 24.2 Å². The van der Waals surface area contributed by atoms with Gasteiger partial charge in [0.15, 0.2) is 11.4 Å². The number of phenolic OH excluding ortho intramolecular Hbond substituents is 1. The van der Waals surface area contributed by atoms with Gasteiger partial charge < -0.3 is 26.2 Å². The molecular formula is C30H36F3N3O7. The van der Waals surface area contributed by atoms with Gasteiger partial charge in [0, 0.05) is 24.6 Å². The smallest absolute Gasteiger partial charge is 0.417 e. The number of halogens is 3. The van der Waals surface area contributed by atoms with Crippen LogP contribution < -0.4 is 5.73 Å². The number of fused-ring (bicyclic) bond motifs is 3. The number of aromatic hydroxyl groups is 1. The minimum atomic E-state index is -4.88. The number of aliphatic hydroxyl groups excluding tert-OH is 2. The van der Waals surface area contributed by atoms with Gasteiger partial charge in [0.25, 0.3) is 5.91 Å². The molecule has 0 aromatic heterocycles. The molecule has 43 heavy (non-hydrogen) atoms. The van der Waals surface area contributed by atoms with E-state index in [9.17, 15) is 48.0 Å². The molecule has 0 bridgehead atoms. The van der Waals surface area contributed by atoms with E-state index in [1.165, 1.54) is 19.0 Å². The summed E-state index contributed by atoms with van der Waals surface area (Å²) in [6.07, 6.45) is -3.88. The van der Waals surface area contributed by atoms with Crippen LogP contribution in [0.2, 0.25) is 0 Å². The van der Waals surface area contributed by atoms with Crippen molar-refractivity contribution in [1.82, 2.24) is 9.80 Å². The molecular weight excluding hydrogens is 571 g/mol. The molecule has 1 amide bonds. The third-order valence-corrected chi connectivity index (χ3v) is 9.46. The number of likely N-dealkylation sites (tertiary alicyclic amines) is 1. The number of piperidine rings is 1. The summed E-state index contributed by atoms with van der Waals surface area (Å²) in [5.74, 6) is -8.96. The highest BCUT2D eigenvalue weighted by molar-refractivity contribution is 6.24. The van der Waals surface area contributed by atoms with E-state index in [-0.39, 0.29) is 29.5 Å². The fourth-order valence-electron chi connectivity index (χ4n) is 7.78. The summed E-state index contributed by atoms with van der Waals surface area (Å²) >= 11 is 0. The van der Waals surface area contributed by atoms with Crippen molar-refractivity contribution in [2.45, 2.75) is 63.9 Å². The predicted octanol–water partition coefficient (Wildman–Crippen LogP) is 2.60. The lowest BCUT2D eigenvalue weighted by molar-refractivity contribution is -0.153. The molecule has 1 saturated heterocycles. The summed E-state index contributed by atoms with van der Waals surface area (Å²) in [6.45, 7) is 5.12. The Labute approximate surface area is 246 Å². The first-order valence-electron chi connectivity index (χ1n) is 14.1. The first kappa shape index (κ1) is 31.0. The van der Waals surface area contributed by atoms with Crippen molar-refractivity contribution in [3.8, 4) is 5.75 Å². The Morgan fingerprint density at radius 1 is 1.19 bits per heavy atom. The normalized spacial score (nSPS) is 29.5. The minimum Gasteiger partial charge on any atom is -0.508 e. The van der Waals surface area contributed by atoms with Crippen LogP contribution in [0.3, 0.4) is 0 Å². The van der Waals surface area contributed by atoms with Crippen LogP contribution in [-0.4, -0.2) is 86.5 Å². The molecule has 13 heteroatoms. The summed E-state index contributed by atoms with van der Waals surface area (Å²) < 4.78 is 44.3. The van der Waals surface area contributed by atoms with Crippen LogP contribution in [0.5, 0.6) is 5.75 Å². The van der Waals surface area contributed by atoms with E-state index in [0.29, 0.717) is 13.1 Å². The number of phenols is 1. The molecule has 2 fully saturated rings. The van der Waals surface area contributed by atoms with Crippen LogP contribution in [0, 0.1) is 17.3 Å². The van der Waals surface area contributed by atoms with Crippen LogP contribution in [0.25, 0.3) is 5.76 Å². The van der Waals surface area contributed by atoms with Crippen molar-refractivity contribution in [2.24, 2.45) is 23.0 Å². The van der Waals surface area contributed by atoms with E-state index in [4.69, 9.17) is 5.73 Å². The highest BCUT2D eigenvalue weighted by Gasteiger charge is 2.64. The highest BCUT2D eigenvalue weighted by atomic mass is 19.4. The standard InChI is InChI=1S/C30H36F3N3O7/c1-28(2)6-5-7-36(12-28)11-14-10-17(37)19-15(21(14)30(31,32)33)8-13-9-16-22(35(3)4)24(39)20(27(34)42)26(41)29(16,43)25(40)18(13)23(19)38/h10,13,16,22,37-38,41,43H,5-9,11-12H2,1-4H3,(H2,34,42)/t13-,16-,22-,29-/m0/s1. The predicted molar refractivity (Wildman–Crippen MR) is 148 cm³/mol. The number of nitrogens with zero attached hydrogens (tertiary/aromatic N) is 2. The van der Waals surface area contributed by atoms with Crippen molar-refractivity contribution < 1.29 is 48.0 Å². The zero-order valence-corrected chi connectivity index (χ0v) is 24.4. The summed E-state index contributed by atoms with van der Waals surface area (Å²) in [4.78, 5) is 42.5. The van der Waals surface area contributed by atoms with Crippen LogP contribution in [-0.2, 0) is 33.5 Å². The van der Waals surface area contributed by atoms with Crippen molar-refractivity contribution in [1.29, 1.82) is 0 Å². The largest absolute Gasteiger partial charge is 0.508 e. The van der Waals surface area contributed by atoms with Crippen LogP contribution in [0.15, 0.2) is 23.0 Å². The number of nitrogens with two attached hydrogens (primary N) is 1. The average Bonchev–Trinajstić information content (AvgIpc) is 2.84. The molecule has 0 radical (unpaired) electrons. The first-order chi connectivity index (χ1) is 19.8. The fourth-order valence-corrected chi connectivity index (χ4v) is 7.78. The average molecular weight is 608 g/mol. The molecule has 10 nitrogen and oxygen atoms in total. The molecule has 1 heterocycles. The van der Waals surface area contributed by atoms with E-state index in [0.717, 1.165) is 18.9 Å². The number of rotatable bonds is 4. The topological polar surface area (TPSA) is 165 Å². The van der Waals surface area contributed by atoms with Gasteiger partial charge in [-0.15, -0.1) is 0 Å². The lowest BCUT2D eigenvalue weighted by Gasteiger charge is -2.50. The number of hydrogen-bond acceptors (Lipinski definition) is 9. The van der Waals surface area contributed by atoms with E-state index in [1.807, 2.05) is 18.7 Å². The van der Waals surface area contributed by atoms with Crippen LogP contribution >= 0.6 is 0 Å². The van der Waals surface area contributed by atoms with E-state index >= 15 is 0 Å². The SMILES string of the molecule is CN(C)[C@@H]1C(=O)C(C(N)=O)=C(O)[C@@]2(O)C(=O)C3=C(O)c4c(O)cc(CN5CCCC(C)(C)C5)c(C(F)(F)F)c4C[C@H]3C[C@@H]12. The summed E-state index contributed by atoms with van der Waals surface area (Å²) in [6, 6.07) is -0.378. The number of carbonyl (C=O) groups is 3. The van der Waals surface area contributed by atoms with E-state index < -0.39 is 93.1 Å². The summed E-state index contributed by atoms with van der Waals surface area (Å²) in [7, 11) is 2.89. The number of benzene rings is 1. The molecule has 0 spiro atoms. The molecule has 0 unspecified atom stereocenters. The number of likely N-dealkylation sites (N-methyl/N-ethyl adjacent to an activating group) is 1. The molecule has 1 aromatic carbocycles. The number of hydrogen-bond donors (Lipinski definition) is 5. The van der Waals surface area contributed by atoms with E-state index in [2.05, 4.69) is 0 Å². The van der Waals surface area contributed by atoms with Gasteiger partial charge in [-0.25, -0.2) is 0 Å². The molecule has 6 N–H and O–H groups in total. The third kappa shape index (κ3) is 4.72. The summed E-state index contributed by atoms with van der Waals surface area (Å²) in [5.41, 5.74) is -1.26. The molecule has 4 atom stereocenters. The maximum atomic E-state index is 14.8. The molecule has 5 rings (SSSR count). The van der Waals surface area contributed by atoms with Crippen molar-refractivity contribution >= 4 is 23.2 Å². The number of ketones is 2. The van der Waals surface area contributed by atoms with Gasteiger partial charge in [-0.05, 0) is 74.8 Å². The second-order valence-corrected chi connectivity index (χ2v) is 13.2. The maximum absolute atomic E-state index is 14.8. The maximum Gasteiger partial charge on any atom is 0.417 e. The van der Waals surface area contributed by atoms with Gasteiger partial charge in [-0.1, -0.05) is 13.8 Å². The highest BCUT2D eigenvalue weighted by Crippen LogP contribution is 2.54. The van der Waals surface area contributed by atoms with E-state index in [1.54, 1.807) is 0 Å². The molecule has 1 aromatic rings. The number of Topliss-reactive ketones (excluding diaryl/α,β-unsaturated/α-hetero) is 2. The van der Waals surface area contributed by atoms with Gasteiger partial charge >= 0.3 is 6.18 Å². The number of carbonyl (C=O) groups excluding carboxylic acids is 3. The molecule has 3 aliphatic carbocycles. The Morgan fingerprint density at radius 3 is 2.40 bits per heavy atom. The second-order valence-electron chi connectivity index (χ2n) is 13.2. The Balaban J connectivity index is 1.69. The quantitative estimate of drug-likeness (QED) is 0.324. The molecule has 1 saturated carbocycles. The van der Waals surface area contributed by atoms with Crippen molar-refractivity contribution in [3.05, 3.63) is 45.2 Å². The summed E-state index contributed by atoms with van der Waals surface area (Å²) in [5, 5.41) is 44.9. The minimum absolute atomic E-state index is 0.0891. The zero-order chi connectivity index (χ0) is 32.0. The second kappa shape index (κ2) is 10.1. The number of primary amides is 1. The van der Waals surface area contributed by atoms with Gasteiger partial charge in [-0.2, -0.15) is 13.2 Å². The first-order valence-corrected chi connectivity index (χ1v) is 14.1. The zero-order valence-electron chi connectivity index (χ0n) is 24.4. The fraction of sp³-hybridized carbons (Fsp3) is 0.567. The van der Waals surface area contributed by atoms with Gasteiger partial charge in [0.2, 0.25) is 5.78 Å². The number of aliphatic hydroxyl groups is 3. The Bertz CT molecular complexity index is 1500. The number of amides is 1. The number of alkyl halides is 3. The lowest BCUT2D eigenvalue weighted by Crippen LogP contribution is -2.65. The lowest BCUT2D eigenvalue weighted by atomic mass is 9.57. The monoisotopic (exact) mass is 607 g/mol. The third-order valence-electron chi connectivity index (χ3n) is 9.46. The Hall–Kier alpha value is -3.42. The van der Waals surface area contributed by atoms with Gasteiger partial charge in [0.05, 0.1) is 17.2 Å². The van der Waals surface area contributed by atoms with Gasteiger partial charge in [0.1, 0.15) is 22.8 Å². The Kier molecular flexibility index (Phi) is 7.26. The Morgan fingerprint density at radius 2 is 1.84 bits per heavy atom. The van der Waals surface area contributed by atoms with Crippen LogP contribution in [0.1, 0.15) is 55.4 Å². The van der Waals surface area contributed by atoms with Crippen molar-refractivity contribution in [2.75, 3.05) is 27.2 Å².